The molecule has 0 saturated heterocycles. The first kappa shape index (κ1) is 13.8. The van der Waals surface area contributed by atoms with Crippen LogP contribution in [0.4, 0.5) is 5.69 Å². The molecule has 3 rings (SSSR count). The van der Waals surface area contributed by atoms with Gasteiger partial charge in [-0.05, 0) is 32.0 Å². The Bertz CT molecular complexity index is 788. The van der Waals surface area contributed by atoms with Crippen molar-refractivity contribution in [3.05, 3.63) is 59.3 Å². The summed E-state index contributed by atoms with van der Waals surface area (Å²) >= 11 is 6.19. The largest absolute Gasteiger partial charge is 0.375 e. The number of hydrogen-bond donors (Lipinski definition) is 1. The van der Waals surface area contributed by atoms with E-state index in [0.717, 1.165) is 28.0 Å². The van der Waals surface area contributed by atoms with Gasteiger partial charge in [-0.15, -0.1) is 0 Å². The Morgan fingerprint density at radius 1 is 1.10 bits per heavy atom. The summed E-state index contributed by atoms with van der Waals surface area (Å²) in [6, 6.07) is 7.71. The van der Waals surface area contributed by atoms with Gasteiger partial charge in [-0.25, -0.2) is 0 Å². The van der Waals surface area contributed by atoms with E-state index in [9.17, 15) is 0 Å². The van der Waals surface area contributed by atoms with E-state index in [2.05, 4.69) is 20.3 Å². The number of nitrogens with zero attached hydrogens (tertiary/aromatic N) is 3. The Morgan fingerprint density at radius 2 is 1.90 bits per heavy atom. The van der Waals surface area contributed by atoms with Gasteiger partial charge in [0, 0.05) is 29.0 Å². The van der Waals surface area contributed by atoms with Crippen LogP contribution in [0.5, 0.6) is 0 Å². The first-order chi connectivity index (χ1) is 10.1. The lowest BCUT2D eigenvalue weighted by Gasteiger charge is -2.17. The third kappa shape index (κ3) is 2.81. The van der Waals surface area contributed by atoms with Crippen molar-refractivity contribution in [2.45, 2.75) is 19.9 Å². The van der Waals surface area contributed by atoms with Gasteiger partial charge in [0.1, 0.15) is 0 Å². The van der Waals surface area contributed by atoms with E-state index in [0.29, 0.717) is 5.02 Å². The highest BCUT2D eigenvalue weighted by Gasteiger charge is 2.13. The van der Waals surface area contributed by atoms with Gasteiger partial charge in [0.15, 0.2) is 0 Å². The summed E-state index contributed by atoms with van der Waals surface area (Å²) < 4.78 is 0. The van der Waals surface area contributed by atoms with Gasteiger partial charge in [0.2, 0.25) is 0 Å². The first-order valence-electron chi connectivity index (χ1n) is 6.73. The molecular weight excluding hydrogens is 284 g/mol. The molecule has 21 heavy (non-hydrogen) atoms. The maximum atomic E-state index is 6.19. The number of halogens is 1. The zero-order chi connectivity index (χ0) is 14.8. The molecule has 0 saturated carbocycles. The summed E-state index contributed by atoms with van der Waals surface area (Å²) in [5.74, 6) is 0. The van der Waals surface area contributed by atoms with Crippen LogP contribution < -0.4 is 5.32 Å². The van der Waals surface area contributed by atoms with Crippen molar-refractivity contribution in [3.63, 3.8) is 0 Å². The van der Waals surface area contributed by atoms with Crippen LogP contribution >= 0.6 is 11.6 Å². The van der Waals surface area contributed by atoms with Crippen molar-refractivity contribution < 1.29 is 0 Å². The smallest absolute Gasteiger partial charge is 0.0934 e. The Kier molecular flexibility index (Phi) is 3.71. The van der Waals surface area contributed by atoms with E-state index in [1.807, 2.05) is 38.1 Å². The summed E-state index contributed by atoms with van der Waals surface area (Å²) in [4.78, 5) is 13.1. The second-order valence-corrected chi connectivity index (χ2v) is 5.36. The molecule has 4 nitrogen and oxygen atoms in total. The second-order valence-electron chi connectivity index (χ2n) is 4.92. The molecule has 1 N–H and O–H groups in total. The highest BCUT2D eigenvalue weighted by Crippen LogP contribution is 2.29. The Labute approximate surface area is 128 Å². The zero-order valence-corrected chi connectivity index (χ0v) is 12.6. The quantitative estimate of drug-likeness (QED) is 0.789. The molecule has 2 aromatic heterocycles. The van der Waals surface area contributed by atoms with Gasteiger partial charge >= 0.3 is 0 Å². The van der Waals surface area contributed by atoms with Gasteiger partial charge in [-0.2, -0.15) is 0 Å². The molecule has 0 aliphatic rings. The summed E-state index contributed by atoms with van der Waals surface area (Å²) in [6.07, 6.45) is 5.18. The van der Waals surface area contributed by atoms with E-state index >= 15 is 0 Å². The average molecular weight is 299 g/mol. The molecule has 2 heterocycles. The monoisotopic (exact) mass is 298 g/mol. The average Bonchev–Trinajstić information content (AvgIpc) is 2.47. The fraction of sp³-hybridized carbons (Fsp3) is 0.188. The predicted molar refractivity (Wildman–Crippen MR) is 85.6 cm³/mol. The Balaban J connectivity index is 2.00. The predicted octanol–water partition coefficient (Wildman–Crippen LogP) is 4.16. The lowest BCUT2D eigenvalue weighted by Crippen LogP contribution is -2.11. The lowest BCUT2D eigenvalue weighted by molar-refractivity contribution is 0.811. The standard InChI is InChI=1S/C16H15ClN4/c1-10-15(20-7-6-18-10)11(2)21-14-9-13(17)8-12-4-3-5-19-16(12)14/h3-9,11,21H,1-2H3. The maximum Gasteiger partial charge on any atom is 0.0934 e. The summed E-state index contributed by atoms with van der Waals surface area (Å²) in [6.45, 7) is 4.00. The van der Waals surface area contributed by atoms with Gasteiger partial charge in [0.25, 0.3) is 0 Å². The van der Waals surface area contributed by atoms with E-state index in [-0.39, 0.29) is 6.04 Å². The van der Waals surface area contributed by atoms with Crippen LogP contribution in [-0.4, -0.2) is 15.0 Å². The van der Waals surface area contributed by atoms with Crippen molar-refractivity contribution in [1.29, 1.82) is 0 Å². The molecule has 1 unspecified atom stereocenters. The van der Waals surface area contributed by atoms with Crippen LogP contribution in [-0.2, 0) is 0 Å². The highest BCUT2D eigenvalue weighted by molar-refractivity contribution is 6.31. The molecule has 5 heteroatoms. The Hall–Kier alpha value is -2.20. The first-order valence-corrected chi connectivity index (χ1v) is 7.11. The van der Waals surface area contributed by atoms with Gasteiger partial charge in [-0.3, -0.25) is 15.0 Å². The fourth-order valence-corrected chi connectivity index (χ4v) is 2.64. The van der Waals surface area contributed by atoms with Crippen LogP contribution in [0.2, 0.25) is 5.02 Å². The van der Waals surface area contributed by atoms with Gasteiger partial charge < -0.3 is 5.32 Å². The number of anilines is 1. The van der Waals surface area contributed by atoms with Crippen molar-refractivity contribution in [3.8, 4) is 0 Å². The van der Waals surface area contributed by atoms with Crippen molar-refractivity contribution >= 4 is 28.2 Å². The van der Waals surface area contributed by atoms with E-state index in [1.165, 1.54) is 0 Å². The van der Waals surface area contributed by atoms with Crippen LogP contribution in [0.3, 0.4) is 0 Å². The maximum absolute atomic E-state index is 6.19. The lowest BCUT2D eigenvalue weighted by atomic mass is 10.1. The number of nitrogens with one attached hydrogen (secondary N) is 1. The summed E-state index contributed by atoms with van der Waals surface area (Å²) in [5, 5.41) is 5.12. The van der Waals surface area contributed by atoms with E-state index in [1.54, 1.807) is 18.6 Å². The number of benzene rings is 1. The van der Waals surface area contributed by atoms with Crippen LogP contribution in [0, 0.1) is 6.92 Å². The normalized spacial score (nSPS) is 12.3. The molecule has 0 radical (unpaired) electrons. The Morgan fingerprint density at radius 3 is 2.71 bits per heavy atom. The molecule has 0 amide bonds. The topological polar surface area (TPSA) is 50.7 Å². The van der Waals surface area contributed by atoms with Gasteiger partial charge in [-0.1, -0.05) is 17.7 Å². The minimum absolute atomic E-state index is 0.0161. The molecule has 3 aromatic rings. The van der Waals surface area contributed by atoms with Crippen molar-refractivity contribution in [2.24, 2.45) is 0 Å². The van der Waals surface area contributed by atoms with Crippen LogP contribution in [0.15, 0.2) is 42.9 Å². The van der Waals surface area contributed by atoms with Crippen LogP contribution in [0.1, 0.15) is 24.4 Å². The molecule has 0 bridgehead atoms. The van der Waals surface area contributed by atoms with Crippen LogP contribution in [0.25, 0.3) is 10.9 Å². The number of rotatable bonds is 3. The zero-order valence-electron chi connectivity index (χ0n) is 11.8. The number of fused-ring (bicyclic) bond motifs is 1. The molecule has 1 atom stereocenters. The third-order valence-corrected chi connectivity index (χ3v) is 3.59. The molecule has 0 aliphatic heterocycles. The SMILES string of the molecule is Cc1nccnc1C(C)Nc1cc(Cl)cc2cccnc12. The number of aryl methyl sites for hydroxylation is 1. The molecule has 0 spiro atoms. The molecule has 0 fully saturated rings. The fourth-order valence-electron chi connectivity index (χ4n) is 2.41. The second kappa shape index (κ2) is 5.66. The van der Waals surface area contributed by atoms with Crippen molar-refractivity contribution in [1.82, 2.24) is 15.0 Å². The number of pyridine rings is 1. The minimum atomic E-state index is 0.0161. The highest BCUT2D eigenvalue weighted by atomic mass is 35.5. The molecule has 0 aliphatic carbocycles. The number of hydrogen-bond acceptors (Lipinski definition) is 4. The minimum Gasteiger partial charge on any atom is -0.375 e. The molecule has 1 aromatic carbocycles. The van der Waals surface area contributed by atoms with Gasteiger partial charge in [0.05, 0.1) is 28.6 Å². The third-order valence-electron chi connectivity index (χ3n) is 3.37. The van der Waals surface area contributed by atoms with Crippen molar-refractivity contribution in [2.75, 3.05) is 5.32 Å². The summed E-state index contributed by atoms with van der Waals surface area (Å²) in [7, 11) is 0. The summed E-state index contributed by atoms with van der Waals surface area (Å²) in [5.41, 5.74) is 3.63. The van der Waals surface area contributed by atoms with E-state index < -0.39 is 0 Å². The number of aromatic nitrogens is 3. The van der Waals surface area contributed by atoms with E-state index in [4.69, 9.17) is 11.6 Å². The molecular formula is C16H15ClN4. The molecule has 106 valence electrons.